The fraction of sp³-hybridized carbons (Fsp3) is 0.318. The Hall–Kier alpha value is -2.80. The summed E-state index contributed by atoms with van der Waals surface area (Å²) >= 11 is 0. The number of aromatic nitrogens is 1. The van der Waals surface area contributed by atoms with E-state index in [2.05, 4.69) is 4.98 Å². The van der Waals surface area contributed by atoms with E-state index < -0.39 is 14.6 Å². The Labute approximate surface area is 170 Å². The van der Waals surface area contributed by atoms with Crippen molar-refractivity contribution in [1.29, 1.82) is 0 Å². The van der Waals surface area contributed by atoms with Gasteiger partial charge in [0.1, 0.15) is 11.5 Å². The maximum absolute atomic E-state index is 12.5. The first-order chi connectivity index (χ1) is 13.8. The summed E-state index contributed by atoms with van der Waals surface area (Å²) in [5.74, 6) is 2.48. The summed E-state index contributed by atoms with van der Waals surface area (Å²) in [6, 6.07) is 12.6. The summed E-state index contributed by atoms with van der Waals surface area (Å²) in [5, 5.41) is 0.790. The van der Waals surface area contributed by atoms with Crippen molar-refractivity contribution in [3.05, 3.63) is 54.2 Å². The van der Waals surface area contributed by atoms with Crippen molar-refractivity contribution in [1.82, 2.24) is 4.98 Å². The maximum atomic E-state index is 12.5. The second-order valence-electron chi connectivity index (χ2n) is 7.49. The van der Waals surface area contributed by atoms with Gasteiger partial charge in [-0.1, -0.05) is 12.1 Å². The van der Waals surface area contributed by atoms with Crippen molar-refractivity contribution in [3.8, 4) is 23.0 Å². The van der Waals surface area contributed by atoms with Gasteiger partial charge >= 0.3 is 0 Å². The minimum absolute atomic E-state index is 0.0545. The smallest absolute Gasteiger partial charge is 0.162 e. The Morgan fingerprint density at radius 2 is 1.62 bits per heavy atom. The highest BCUT2D eigenvalue weighted by Gasteiger charge is 2.49. The molecule has 29 heavy (non-hydrogen) atoms. The van der Waals surface area contributed by atoms with E-state index in [1.807, 2.05) is 13.0 Å². The van der Waals surface area contributed by atoms with Gasteiger partial charge in [0.2, 0.25) is 0 Å². The average Bonchev–Trinajstić information content (AvgIpc) is 3.48. The van der Waals surface area contributed by atoms with Crippen LogP contribution in [0, 0.1) is 0 Å². The highest BCUT2D eigenvalue weighted by molar-refractivity contribution is 7.92. The summed E-state index contributed by atoms with van der Waals surface area (Å²) in [6.07, 6.45) is 3.17. The number of hydrogen-bond acceptors (Lipinski definition) is 6. The molecule has 3 aromatic rings. The first-order valence-electron chi connectivity index (χ1n) is 9.35. The van der Waals surface area contributed by atoms with E-state index in [1.54, 1.807) is 56.8 Å². The number of ether oxygens (including phenoxy) is 3. The largest absolute Gasteiger partial charge is 0.493 e. The summed E-state index contributed by atoms with van der Waals surface area (Å²) in [4.78, 5) is 4.37. The Kier molecular flexibility index (Phi) is 4.86. The lowest BCUT2D eigenvalue weighted by Crippen LogP contribution is -2.20. The molecule has 1 aromatic heterocycles. The quantitative estimate of drug-likeness (QED) is 0.567. The van der Waals surface area contributed by atoms with Gasteiger partial charge in [0.05, 0.1) is 30.2 Å². The second kappa shape index (κ2) is 7.22. The van der Waals surface area contributed by atoms with E-state index in [0.717, 1.165) is 29.3 Å². The normalized spacial score (nSPS) is 15.1. The van der Waals surface area contributed by atoms with Gasteiger partial charge in [-0.15, -0.1) is 0 Å². The molecular formula is C22H23NO5S. The third-order valence-corrected chi connectivity index (χ3v) is 8.04. The molecule has 7 heteroatoms. The lowest BCUT2D eigenvalue weighted by molar-refractivity contribution is 0.355. The molecule has 6 nitrogen and oxygen atoms in total. The number of nitrogens with zero attached hydrogens (tertiary/aromatic N) is 1. The highest BCUT2D eigenvalue weighted by Crippen LogP contribution is 2.44. The van der Waals surface area contributed by atoms with Gasteiger partial charge in [-0.05, 0) is 49.6 Å². The van der Waals surface area contributed by atoms with Crippen LogP contribution in [0.3, 0.4) is 0 Å². The van der Waals surface area contributed by atoms with Crippen LogP contribution in [-0.2, 0) is 15.6 Å². The summed E-state index contributed by atoms with van der Waals surface area (Å²) in [7, 11) is 0.0282. The highest BCUT2D eigenvalue weighted by atomic mass is 32.2. The van der Waals surface area contributed by atoms with Crippen LogP contribution in [0.2, 0.25) is 0 Å². The van der Waals surface area contributed by atoms with Crippen LogP contribution in [0.25, 0.3) is 10.9 Å². The van der Waals surface area contributed by atoms with Crippen molar-refractivity contribution in [2.45, 2.75) is 30.3 Å². The summed E-state index contributed by atoms with van der Waals surface area (Å²) in [5.41, 5.74) is 1.48. The van der Waals surface area contributed by atoms with Gasteiger partial charge < -0.3 is 14.2 Å². The lowest BCUT2D eigenvalue weighted by atomic mass is 10.1. The zero-order chi connectivity index (χ0) is 20.6. The molecule has 0 N–H and O–H groups in total. The van der Waals surface area contributed by atoms with Gasteiger partial charge in [0, 0.05) is 17.6 Å². The first kappa shape index (κ1) is 19.5. The standard InChI is InChI=1S/C22H23NO5S/c1-22(9-10-22)29(24,25)14-15-4-6-16(7-5-15)28-19-8-11-23-18-13-21(27-3)20(26-2)12-17(18)19/h4-8,11-13H,9-10,14H2,1-3H3. The number of benzene rings is 2. The Morgan fingerprint density at radius 1 is 0.966 bits per heavy atom. The molecule has 1 aliphatic rings. The molecule has 0 bridgehead atoms. The van der Waals surface area contributed by atoms with E-state index in [4.69, 9.17) is 14.2 Å². The van der Waals surface area contributed by atoms with Crippen molar-refractivity contribution in [2.24, 2.45) is 0 Å². The number of sulfone groups is 1. The third-order valence-electron chi connectivity index (χ3n) is 5.42. The molecule has 0 amide bonds. The fourth-order valence-electron chi connectivity index (χ4n) is 3.20. The van der Waals surface area contributed by atoms with Crippen molar-refractivity contribution in [2.75, 3.05) is 14.2 Å². The SMILES string of the molecule is COc1cc2nccc(Oc3ccc(CS(=O)(=O)C4(C)CC4)cc3)c2cc1OC. The topological polar surface area (TPSA) is 74.7 Å². The molecule has 152 valence electrons. The lowest BCUT2D eigenvalue weighted by Gasteiger charge is -2.13. The molecule has 0 aliphatic heterocycles. The van der Waals surface area contributed by atoms with Crippen LogP contribution in [0.1, 0.15) is 25.3 Å². The predicted molar refractivity (Wildman–Crippen MR) is 112 cm³/mol. The molecule has 1 aliphatic carbocycles. The molecule has 0 saturated heterocycles. The van der Waals surface area contributed by atoms with Crippen LogP contribution in [-0.4, -0.2) is 32.4 Å². The van der Waals surface area contributed by atoms with Gasteiger partial charge in [-0.3, -0.25) is 4.98 Å². The van der Waals surface area contributed by atoms with Crippen LogP contribution < -0.4 is 14.2 Å². The maximum Gasteiger partial charge on any atom is 0.162 e. The number of fused-ring (bicyclic) bond motifs is 1. The predicted octanol–water partition coefficient (Wildman–Crippen LogP) is 4.51. The van der Waals surface area contributed by atoms with Crippen LogP contribution in [0.4, 0.5) is 0 Å². The molecule has 1 saturated carbocycles. The molecule has 0 spiro atoms. The fourth-order valence-corrected chi connectivity index (χ4v) is 4.90. The van der Waals surface area contributed by atoms with E-state index in [0.29, 0.717) is 23.0 Å². The minimum atomic E-state index is -3.13. The zero-order valence-electron chi connectivity index (χ0n) is 16.6. The van der Waals surface area contributed by atoms with Crippen LogP contribution in [0.5, 0.6) is 23.0 Å². The number of hydrogen-bond donors (Lipinski definition) is 0. The molecule has 0 radical (unpaired) electrons. The number of rotatable bonds is 7. The van der Waals surface area contributed by atoms with Crippen LogP contribution in [0.15, 0.2) is 48.7 Å². The molecule has 0 atom stereocenters. The minimum Gasteiger partial charge on any atom is -0.493 e. The van der Waals surface area contributed by atoms with Crippen molar-refractivity contribution in [3.63, 3.8) is 0 Å². The number of methoxy groups -OCH3 is 2. The monoisotopic (exact) mass is 413 g/mol. The summed E-state index contributed by atoms with van der Waals surface area (Å²) in [6.45, 7) is 1.82. The Balaban J connectivity index is 1.58. The third kappa shape index (κ3) is 3.74. The average molecular weight is 413 g/mol. The Bertz CT molecular complexity index is 1150. The van der Waals surface area contributed by atoms with E-state index >= 15 is 0 Å². The molecular weight excluding hydrogens is 390 g/mol. The van der Waals surface area contributed by atoms with Crippen molar-refractivity contribution >= 4 is 20.7 Å². The molecule has 4 rings (SSSR count). The van der Waals surface area contributed by atoms with Gasteiger partial charge in [-0.25, -0.2) is 8.42 Å². The molecule has 1 heterocycles. The van der Waals surface area contributed by atoms with Crippen molar-refractivity contribution < 1.29 is 22.6 Å². The molecule has 1 fully saturated rings. The second-order valence-corrected chi connectivity index (χ2v) is 9.99. The van der Waals surface area contributed by atoms with E-state index in [-0.39, 0.29) is 5.75 Å². The van der Waals surface area contributed by atoms with E-state index in [1.165, 1.54) is 0 Å². The van der Waals surface area contributed by atoms with Gasteiger partial charge in [-0.2, -0.15) is 0 Å². The van der Waals surface area contributed by atoms with Gasteiger partial charge in [0.15, 0.2) is 21.3 Å². The van der Waals surface area contributed by atoms with E-state index in [9.17, 15) is 8.42 Å². The summed E-state index contributed by atoms with van der Waals surface area (Å²) < 4.78 is 41.1. The zero-order valence-corrected chi connectivity index (χ0v) is 17.5. The van der Waals surface area contributed by atoms with Gasteiger partial charge in [0.25, 0.3) is 0 Å². The first-order valence-corrected chi connectivity index (χ1v) is 11.0. The number of pyridine rings is 1. The van der Waals surface area contributed by atoms with Crippen LogP contribution >= 0.6 is 0 Å². The molecule has 2 aromatic carbocycles. The Morgan fingerprint density at radius 3 is 2.24 bits per heavy atom. The molecule has 0 unspecified atom stereocenters.